The normalized spacial score (nSPS) is 18.6. The highest BCUT2D eigenvalue weighted by Crippen LogP contribution is 2.36. The van der Waals surface area contributed by atoms with E-state index in [1.54, 1.807) is 0 Å². The molecule has 1 aromatic heterocycles. The summed E-state index contributed by atoms with van der Waals surface area (Å²) in [6, 6.07) is 6.88. The van der Waals surface area contributed by atoms with Gasteiger partial charge in [-0.15, -0.1) is 0 Å². The van der Waals surface area contributed by atoms with Gasteiger partial charge in [0.2, 0.25) is 0 Å². The van der Waals surface area contributed by atoms with Gasteiger partial charge in [0.15, 0.2) is 0 Å². The van der Waals surface area contributed by atoms with Crippen LogP contribution in [0, 0.1) is 5.92 Å². The number of hydrogen-bond acceptors (Lipinski definition) is 1. The van der Waals surface area contributed by atoms with Gasteiger partial charge < -0.3 is 10.7 Å². The summed E-state index contributed by atoms with van der Waals surface area (Å²) in [7, 11) is 0. The average molecular weight is 242 g/mol. The second-order valence-electron chi connectivity index (χ2n) is 5.55. The number of benzene rings is 1. The van der Waals surface area contributed by atoms with E-state index in [2.05, 4.69) is 36.3 Å². The fourth-order valence-electron chi connectivity index (χ4n) is 3.26. The average Bonchev–Trinajstić information content (AvgIpc) is 3.06. The molecule has 3 rings (SSSR count). The number of aromatic amines is 1. The van der Waals surface area contributed by atoms with Crippen molar-refractivity contribution in [1.82, 2.24) is 4.98 Å². The topological polar surface area (TPSA) is 41.8 Å². The van der Waals surface area contributed by atoms with Gasteiger partial charge in [-0.1, -0.05) is 25.8 Å². The van der Waals surface area contributed by atoms with Crippen molar-refractivity contribution in [2.75, 3.05) is 0 Å². The highest BCUT2D eigenvalue weighted by atomic mass is 14.7. The first kappa shape index (κ1) is 11.8. The smallest absolute Gasteiger partial charge is 0.0457 e. The van der Waals surface area contributed by atoms with Crippen LogP contribution < -0.4 is 5.73 Å². The molecule has 0 aliphatic heterocycles. The number of H-pyrrole nitrogens is 1. The molecule has 1 unspecified atom stereocenters. The molecule has 1 aromatic carbocycles. The Morgan fingerprint density at radius 3 is 2.83 bits per heavy atom. The SMILES string of the molecule is CCc1ccc2[nH]cc(C(N)C3CCCC3)c2c1. The molecule has 2 aromatic rings. The van der Waals surface area contributed by atoms with Gasteiger partial charge in [-0.2, -0.15) is 0 Å². The van der Waals surface area contributed by atoms with Gasteiger partial charge in [-0.25, -0.2) is 0 Å². The van der Waals surface area contributed by atoms with Crippen LogP contribution in [0.3, 0.4) is 0 Å². The van der Waals surface area contributed by atoms with Crippen LogP contribution in [-0.2, 0) is 6.42 Å². The molecule has 3 N–H and O–H groups in total. The summed E-state index contributed by atoms with van der Waals surface area (Å²) in [5.41, 5.74) is 10.4. The van der Waals surface area contributed by atoms with Crippen LogP contribution in [0.15, 0.2) is 24.4 Å². The van der Waals surface area contributed by atoms with Crippen molar-refractivity contribution in [1.29, 1.82) is 0 Å². The largest absolute Gasteiger partial charge is 0.361 e. The van der Waals surface area contributed by atoms with Crippen LogP contribution >= 0.6 is 0 Å². The molecule has 1 fully saturated rings. The molecule has 0 radical (unpaired) electrons. The molecule has 1 saturated carbocycles. The zero-order chi connectivity index (χ0) is 12.5. The molecule has 1 aliphatic rings. The quantitative estimate of drug-likeness (QED) is 0.841. The third-order valence-corrected chi connectivity index (χ3v) is 4.45. The van der Waals surface area contributed by atoms with Crippen molar-refractivity contribution in [2.24, 2.45) is 11.7 Å². The summed E-state index contributed by atoms with van der Waals surface area (Å²) in [6.07, 6.45) is 8.48. The Morgan fingerprint density at radius 2 is 2.11 bits per heavy atom. The van der Waals surface area contributed by atoms with Crippen molar-refractivity contribution in [3.63, 3.8) is 0 Å². The first-order chi connectivity index (χ1) is 8.79. The minimum atomic E-state index is 0.202. The molecule has 1 atom stereocenters. The van der Waals surface area contributed by atoms with Gasteiger partial charge in [-0.05, 0) is 48.4 Å². The highest BCUT2D eigenvalue weighted by Gasteiger charge is 2.25. The standard InChI is InChI=1S/C16H22N2/c1-2-11-7-8-15-13(9-11)14(10-18-15)16(17)12-5-3-4-6-12/h7-10,12,16,18H,2-6,17H2,1H3. The van der Waals surface area contributed by atoms with E-state index in [9.17, 15) is 0 Å². The fourth-order valence-corrected chi connectivity index (χ4v) is 3.26. The Balaban J connectivity index is 1.99. The van der Waals surface area contributed by atoms with Crippen molar-refractivity contribution >= 4 is 10.9 Å². The third-order valence-electron chi connectivity index (χ3n) is 4.45. The van der Waals surface area contributed by atoms with Crippen LogP contribution in [0.1, 0.15) is 49.8 Å². The lowest BCUT2D eigenvalue weighted by atomic mass is 9.92. The van der Waals surface area contributed by atoms with Gasteiger partial charge in [0.05, 0.1) is 0 Å². The number of aryl methyl sites for hydroxylation is 1. The number of nitrogens with two attached hydrogens (primary N) is 1. The zero-order valence-corrected chi connectivity index (χ0v) is 11.1. The lowest BCUT2D eigenvalue weighted by Crippen LogP contribution is -2.18. The van der Waals surface area contributed by atoms with Crippen molar-refractivity contribution in [3.8, 4) is 0 Å². The number of aromatic nitrogens is 1. The van der Waals surface area contributed by atoms with E-state index in [-0.39, 0.29) is 6.04 Å². The van der Waals surface area contributed by atoms with E-state index in [1.807, 2.05) is 0 Å². The summed E-state index contributed by atoms with van der Waals surface area (Å²) in [5.74, 6) is 0.675. The van der Waals surface area contributed by atoms with Crippen LogP contribution in [0.2, 0.25) is 0 Å². The minimum Gasteiger partial charge on any atom is -0.361 e. The molecule has 2 heteroatoms. The molecule has 1 heterocycles. The van der Waals surface area contributed by atoms with E-state index in [0.717, 1.165) is 6.42 Å². The van der Waals surface area contributed by atoms with Gasteiger partial charge in [0, 0.05) is 23.1 Å². The van der Waals surface area contributed by atoms with Crippen LogP contribution in [-0.4, -0.2) is 4.98 Å². The maximum absolute atomic E-state index is 6.48. The highest BCUT2D eigenvalue weighted by molar-refractivity contribution is 5.84. The maximum Gasteiger partial charge on any atom is 0.0457 e. The van der Waals surface area contributed by atoms with E-state index in [0.29, 0.717) is 5.92 Å². The monoisotopic (exact) mass is 242 g/mol. The van der Waals surface area contributed by atoms with Gasteiger partial charge in [0.1, 0.15) is 0 Å². The van der Waals surface area contributed by atoms with Gasteiger partial charge >= 0.3 is 0 Å². The molecule has 0 saturated heterocycles. The van der Waals surface area contributed by atoms with E-state index >= 15 is 0 Å². The van der Waals surface area contributed by atoms with E-state index in [1.165, 1.54) is 47.7 Å². The molecule has 0 bridgehead atoms. The molecular weight excluding hydrogens is 220 g/mol. The second-order valence-corrected chi connectivity index (χ2v) is 5.55. The minimum absolute atomic E-state index is 0.202. The number of fused-ring (bicyclic) bond motifs is 1. The predicted octanol–water partition coefficient (Wildman–Crippen LogP) is 3.92. The first-order valence-electron chi connectivity index (χ1n) is 7.15. The van der Waals surface area contributed by atoms with Crippen molar-refractivity contribution < 1.29 is 0 Å². The van der Waals surface area contributed by atoms with E-state index < -0.39 is 0 Å². The summed E-state index contributed by atoms with van der Waals surface area (Å²) in [5, 5.41) is 1.33. The summed E-state index contributed by atoms with van der Waals surface area (Å²) >= 11 is 0. The van der Waals surface area contributed by atoms with Crippen LogP contribution in [0.25, 0.3) is 10.9 Å². The number of hydrogen-bond donors (Lipinski definition) is 2. The summed E-state index contributed by atoms with van der Waals surface area (Å²) < 4.78 is 0. The summed E-state index contributed by atoms with van der Waals surface area (Å²) in [6.45, 7) is 2.20. The Morgan fingerprint density at radius 1 is 1.33 bits per heavy atom. The number of nitrogens with one attached hydrogen (secondary N) is 1. The zero-order valence-electron chi connectivity index (χ0n) is 11.1. The molecule has 0 amide bonds. The second kappa shape index (κ2) is 4.77. The maximum atomic E-state index is 6.48. The van der Waals surface area contributed by atoms with Gasteiger partial charge in [-0.3, -0.25) is 0 Å². The van der Waals surface area contributed by atoms with Gasteiger partial charge in [0.25, 0.3) is 0 Å². The Hall–Kier alpha value is -1.28. The lowest BCUT2D eigenvalue weighted by molar-refractivity contribution is 0.447. The van der Waals surface area contributed by atoms with Crippen LogP contribution in [0.4, 0.5) is 0 Å². The fraction of sp³-hybridized carbons (Fsp3) is 0.500. The molecule has 1 aliphatic carbocycles. The molecule has 0 spiro atoms. The number of rotatable bonds is 3. The van der Waals surface area contributed by atoms with Crippen LogP contribution in [0.5, 0.6) is 0 Å². The third kappa shape index (κ3) is 1.95. The van der Waals surface area contributed by atoms with E-state index in [4.69, 9.17) is 5.73 Å². The lowest BCUT2D eigenvalue weighted by Gasteiger charge is -2.18. The van der Waals surface area contributed by atoms with Crippen molar-refractivity contribution in [3.05, 3.63) is 35.5 Å². The Bertz CT molecular complexity index is 535. The molecular formula is C16H22N2. The first-order valence-corrected chi connectivity index (χ1v) is 7.15. The summed E-state index contributed by atoms with van der Waals surface area (Å²) in [4.78, 5) is 3.36. The molecule has 18 heavy (non-hydrogen) atoms. The molecule has 2 nitrogen and oxygen atoms in total. The molecule has 96 valence electrons. The Kier molecular flexibility index (Phi) is 3.13. The van der Waals surface area contributed by atoms with Crippen molar-refractivity contribution in [2.45, 2.75) is 45.1 Å². The Labute approximate surface area is 109 Å². The predicted molar refractivity (Wildman–Crippen MR) is 76.6 cm³/mol.